The van der Waals surface area contributed by atoms with Crippen LogP contribution in [0.3, 0.4) is 0 Å². The molecule has 2 aliphatic rings. The van der Waals surface area contributed by atoms with Crippen molar-refractivity contribution in [3.63, 3.8) is 0 Å². The van der Waals surface area contributed by atoms with Gasteiger partial charge in [0, 0.05) is 35.9 Å². The first-order chi connectivity index (χ1) is 20.7. The minimum absolute atomic E-state index is 0.117. The highest BCUT2D eigenvalue weighted by Gasteiger charge is 2.34. The number of hydrogen-bond acceptors (Lipinski definition) is 8. The molecule has 0 spiro atoms. The number of halogens is 3. The maximum Gasteiger partial charge on any atom is 0.418 e. The third-order valence-corrected chi connectivity index (χ3v) is 9.52. The van der Waals surface area contributed by atoms with Crippen LogP contribution in [0.15, 0.2) is 65.7 Å². The lowest BCUT2D eigenvalue weighted by Gasteiger charge is -2.26. The van der Waals surface area contributed by atoms with Crippen LogP contribution in [-0.4, -0.2) is 60.1 Å². The van der Waals surface area contributed by atoms with Crippen LogP contribution in [0.2, 0.25) is 0 Å². The SMILES string of the molecule is O=S(=O)(c1ccc(Nc2nc(COC3CCCC3)nc3cc(-c4ncccc4C(F)(F)F)ccc23)cc1)N1CCOCC1. The van der Waals surface area contributed by atoms with E-state index in [1.807, 2.05) is 0 Å². The minimum Gasteiger partial charge on any atom is -0.379 e. The molecule has 0 radical (unpaired) electrons. The van der Waals surface area contributed by atoms with Gasteiger partial charge in [0.2, 0.25) is 10.0 Å². The molecule has 2 aromatic heterocycles. The van der Waals surface area contributed by atoms with Gasteiger partial charge in [-0.05, 0) is 61.4 Å². The fraction of sp³-hybridized carbons (Fsp3) is 0.367. The number of benzene rings is 2. The maximum absolute atomic E-state index is 13.7. The lowest BCUT2D eigenvalue weighted by atomic mass is 10.0. The summed E-state index contributed by atoms with van der Waals surface area (Å²) in [4.78, 5) is 13.5. The number of anilines is 2. The second kappa shape index (κ2) is 12.2. The molecule has 0 amide bonds. The van der Waals surface area contributed by atoms with Crippen LogP contribution in [0, 0.1) is 0 Å². The van der Waals surface area contributed by atoms with Crippen molar-refractivity contribution in [1.82, 2.24) is 19.3 Å². The van der Waals surface area contributed by atoms with Crippen molar-refractivity contribution in [2.45, 2.75) is 49.5 Å². The molecule has 0 atom stereocenters. The zero-order chi connectivity index (χ0) is 30.0. The van der Waals surface area contributed by atoms with Crippen molar-refractivity contribution >= 4 is 32.4 Å². The lowest BCUT2D eigenvalue weighted by molar-refractivity contribution is -0.137. The quantitative estimate of drug-likeness (QED) is 0.261. The normalized spacial score (nSPS) is 17.0. The number of sulfonamides is 1. The number of nitrogens with zero attached hydrogens (tertiary/aromatic N) is 4. The zero-order valence-corrected chi connectivity index (χ0v) is 24.0. The average molecular weight is 614 g/mol. The Morgan fingerprint density at radius 3 is 2.47 bits per heavy atom. The van der Waals surface area contributed by atoms with Crippen molar-refractivity contribution in [1.29, 1.82) is 0 Å². The number of ether oxygens (including phenoxy) is 2. The van der Waals surface area contributed by atoms with Crippen LogP contribution in [0.4, 0.5) is 24.7 Å². The monoisotopic (exact) mass is 613 g/mol. The van der Waals surface area contributed by atoms with Crippen molar-refractivity contribution in [2.24, 2.45) is 0 Å². The molecule has 43 heavy (non-hydrogen) atoms. The number of aromatic nitrogens is 3. The topological polar surface area (TPSA) is 107 Å². The first-order valence-corrected chi connectivity index (χ1v) is 15.5. The summed E-state index contributed by atoms with van der Waals surface area (Å²) in [7, 11) is -3.66. The summed E-state index contributed by atoms with van der Waals surface area (Å²) in [6.45, 7) is 1.45. The smallest absolute Gasteiger partial charge is 0.379 e. The highest BCUT2D eigenvalue weighted by Crippen LogP contribution is 2.37. The summed E-state index contributed by atoms with van der Waals surface area (Å²) in [5.74, 6) is 0.796. The molecular formula is C30H30F3N5O4S. The Bertz CT molecular complexity index is 1710. The van der Waals surface area contributed by atoms with Gasteiger partial charge in [-0.3, -0.25) is 4.98 Å². The molecule has 1 aliphatic carbocycles. The molecule has 6 rings (SSSR count). The predicted molar refractivity (Wildman–Crippen MR) is 154 cm³/mol. The van der Waals surface area contributed by atoms with Crippen molar-refractivity contribution < 1.29 is 31.1 Å². The van der Waals surface area contributed by atoms with Crippen LogP contribution in [0.1, 0.15) is 37.1 Å². The van der Waals surface area contributed by atoms with E-state index in [0.717, 1.165) is 31.7 Å². The second-order valence-corrected chi connectivity index (χ2v) is 12.4. The van der Waals surface area contributed by atoms with Crippen LogP contribution in [0.25, 0.3) is 22.2 Å². The molecule has 3 heterocycles. The van der Waals surface area contributed by atoms with Crippen LogP contribution in [-0.2, 0) is 32.3 Å². The van der Waals surface area contributed by atoms with E-state index in [-0.39, 0.29) is 28.9 Å². The fourth-order valence-electron chi connectivity index (χ4n) is 5.38. The Kier molecular flexibility index (Phi) is 8.32. The van der Waals surface area contributed by atoms with Crippen molar-refractivity contribution in [3.05, 3.63) is 72.2 Å². The number of alkyl halides is 3. The Morgan fingerprint density at radius 1 is 1.00 bits per heavy atom. The van der Waals surface area contributed by atoms with Gasteiger partial charge in [-0.1, -0.05) is 18.9 Å². The largest absolute Gasteiger partial charge is 0.418 e. The van der Waals surface area contributed by atoms with E-state index >= 15 is 0 Å². The zero-order valence-electron chi connectivity index (χ0n) is 23.2. The summed E-state index contributed by atoms with van der Waals surface area (Å²) < 4.78 is 80.0. The third-order valence-electron chi connectivity index (χ3n) is 7.60. The molecule has 1 aliphatic heterocycles. The number of hydrogen-bond donors (Lipinski definition) is 1. The summed E-state index contributed by atoms with van der Waals surface area (Å²) in [5.41, 5.74) is 0.247. The molecule has 9 nitrogen and oxygen atoms in total. The molecule has 0 unspecified atom stereocenters. The molecule has 4 aromatic rings. The molecule has 1 saturated heterocycles. The highest BCUT2D eigenvalue weighted by atomic mass is 32.2. The number of rotatable bonds is 8. The highest BCUT2D eigenvalue weighted by molar-refractivity contribution is 7.89. The van der Waals surface area contributed by atoms with Gasteiger partial charge in [-0.25, -0.2) is 18.4 Å². The van der Waals surface area contributed by atoms with Crippen LogP contribution >= 0.6 is 0 Å². The van der Waals surface area contributed by atoms with Gasteiger partial charge in [-0.15, -0.1) is 0 Å². The predicted octanol–water partition coefficient (Wildman–Crippen LogP) is 5.93. The molecule has 13 heteroatoms. The van der Waals surface area contributed by atoms with Gasteiger partial charge < -0.3 is 14.8 Å². The van der Waals surface area contributed by atoms with E-state index in [9.17, 15) is 21.6 Å². The summed E-state index contributed by atoms with van der Waals surface area (Å²) >= 11 is 0. The fourth-order valence-corrected chi connectivity index (χ4v) is 6.79. The van der Waals surface area contributed by atoms with Crippen LogP contribution < -0.4 is 5.32 Å². The maximum atomic E-state index is 13.7. The molecule has 226 valence electrons. The number of morpholine rings is 1. The average Bonchev–Trinajstić information content (AvgIpc) is 3.54. The van der Waals surface area contributed by atoms with Gasteiger partial charge in [0.05, 0.1) is 41.0 Å². The first kappa shape index (κ1) is 29.4. The molecule has 1 saturated carbocycles. The Balaban J connectivity index is 1.34. The van der Waals surface area contributed by atoms with Gasteiger partial charge in [0.15, 0.2) is 5.82 Å². The number of fused-ring (bicyclic) bond motifs is 1. The number of nitrogens with one attached hydrogen (secondary N) is 1. The minimum atomic E-state index is -4.57. The van der Waals surface area contributed by atoms with E-state index < -0.39 is 21.8 Å². The Hall–Kier alpha value is -3.65. The third kappa shape index (κ3) is 6.49. The van der Waals surface area contributed by atoms with Crippen molar-refractivity contribution in [3.8, 4) is 11.3 Å². The lowest BCUT2D eigenvalue weighted by Crippen LogP contribution is -2.40. The second-order valence-electron chi connectivity index (χ2n) is 10.5. The first-order valence-electron chi connectivity index (χ1n) is 14.1. The van der Waals surface area contributed by atoms with E-state index in [2.05, 4.69) is 20.3 Å². The number of pyridine rings is 1. The molecule has 0 bridgehead atoms. The standard InChI is InChI=1S/C30H30F3N5O4S/c31-30(32,33)25-6-3-13-34-28(25)20-7-12-24-26(18-20)36-27(19-42-22-4-1-2-5-22)37-29(24)35-21-8-10-23(11-9-21)43(39,40)38-14-16-41-17-15-38/h3,6-13,18,22H,1-2,4-5,14-17,19H2,(H,35,36,37). The van der Waals surface area contributed by atoms with Gasteiger partial charge in [0.25, 0.3) is 0 Å². The van der Waals surface area contributed by atoms with Gasteiger partial charge in [0.1, 0.15) is 12.4 Å². The van der Waals surface area contributed by atoms with Crippen molar-refractivity contribution in [2.75, 3.05) is 31.6 Å². The van der Waals surface area contributed by atoms with E-state index in [1.54, 1.807) is 30.3 Å². The summed E-state index contributed by atoms with van der Waals surface area (Å²) in [6.07, 6.45) is 0.991. The van der Waals surface area contributed by atoms with E-state index in [1.165, 1.54) is 28.7 Å². The Labute approximate surface area is 247 Å². The molecule has 2 fully saturated rings. The van der Waals surface area contributed by atoms with E-state index in [0.29, 0.717) is 54.5 Å². The molecular weight excluding hydrogens is 583 g/mol. The molecule has 2 aromatic carbocycles. The Morgan fingerprint density at radius 2 is 1.74 bits per heavy atom. The molecule has 1 N–H and O–H groups in total. The van der Waals surface area contributed by atoms with Crippen LogP contribution in [0.5, 0.6) is 0 Å². The van der Waals surface area contributed by atoms with E-state index in [4.69, 9.17) is 9.47 Å². The van der Waals surface area contributed by atoms with Gasteiger partial charge >= 0.3 is 6.18 Å². The summed E-state index contributed by atoms with van der Waals surface area (Å²) in [6, 6.07) is 13.4. The summed E-state index contributed by atoms with van der Waals surface area (Å²) in [5, 5.41) is 3.81. The van der Waals surface area contributed by atoms with Gasteiger partial charge in [-0.2, -0.15) is 17.5 Å².